The number of nitrogens with one attached hydrogen (secondary N) is 1. The Morgan fingerprint density at radius 1 is 1.28 bits per heavy atom. The molecule has 2 saturated heterocycles. The maximum atomic E-state index is 13.7. The molecule has 0 radical (unpaired) electrons. The first-order valence-electron chi connectivity index (χ1n) is 9.66. The monoisotopic (exact) mass is 412 g/mol. The van der Waals surface area contributed by atoms with Crippen molar-refractivity contribution in [2.45, 2.75) is 31.5 Å². The van der Waals surface area contributed by atoms with Gasteiger partial charge in [0.25, 0.3) is 0 Å². The van der Waals surface area contributed by atoms with Crippen LogP contribution < -0.4 is 5.73 Å². The number of likely N-dealkylation sites (tertiary alicyclic amines) is 1. The van der Waals surface area contributed by atoms with E-state index in [1.807, 2.05) is 4.90 Å². The standard InChI is InChI=1S/C18H23F3N6O2/c19-18(20,21)11-9-12(23-17-15(11)16(22)24-25-17)13-3-1-2-4-27(13)14(28)10-26-5-7-29-8-6-26/h9,13H,1-8,10H2,(H3,22,23,24,25)/t13-/m1/s1. The minimum atomic E-state index is -4.61. The Morgan fingerprint density at radius 2 is 2.03 bits per heavy atom. The summed E-state index contributed by atoms with van der Waals surface area (Å²) >= 11 is 0. The van der Waals surface area contributed by atoms with Crippen LogP contribution in [0.4, 0.5) is 19.0 Å². The van der Waals surface area contributed by atoms with Crippen molar-refractivity contribution in [3.8, 4) is 0 Å². The second-order valence-electron chi connectivity index (χ2n) is 7.42. The average Bonchev–Trinajstić information content (AvgIpc) is 3.08. The van der Waals surface area contributed by atoms with Gasteiger partial charge in [-0.25, -0.2) is 4.98 Å². The molecule has 0 aliphatic carbocycles. The highest BCUT2D eigenvalue weighted by Crippen LogP contribution is 2.39. The normalized spacial score (nSPS) is 21.6. The van der Waals surface area contributed by atoms with E-state index in [9.17, 15) is 18.0 Å². The first-order chi connectivity index (χ1) is 13.8. The Balaban J connectivity index is 1.66. The predicted octanol–water partition coefficient (Wildman–Crippen LogP) is 1.94. The fourth-order valence-corrected chi connectivity index (χ4v) is 4.04. The molecule has 0 saturated carbocycles. The summed E-state index contributed by atoms with van der Waals surface area (Å²) in [7, 11) is 0. The number of hydrogen-bond acceptors (Lipinski definition) is 6. The molecule has 0 bridgehead atoms. The number of amides is 1. The van der Waals surface area contributed by atoms with Crippen LogP contribution in [0.1, 0.15) is 36.6 Å². The molecule has 0 spiro atoms. The van der Waals surface area contributed by atoms with Gasteiger partial charge in [0.2, 0.25) is 5.91 Å². The molecular formula is C18H23F3N6O2. The van der Waals surface area contributed by atoms with Gasteiger partial charge in [-0.1, -0.05) is 0 Å². The molecule has 1 amide bonds. The molecular weight excluding hydrogens is 389 g/mol. The molecule has 11 heteroatoms. The number of alkyl halides is 3. The molecule has 0 aromatic carbocycles. The number of piperidine rings is 1. The zero-order chi connectivity index (χ0) is 20.6. The quantitative estimate of drug-likeness (QED) is 0.799. The van der Waals surface area contributed by atoms with Crippen molar-refractivity contribution in [2.75, 3.05) is 45.1 Å². The summed E-state index contributed by atoms with van der Waals surface area (Å²) in [5.41, 5.74) is 4.88. The fraction of sp³-hybridized carbons (Fsp3) is 0.611. The third kappa shape index (κ3) is 4.01. The third-order valence-corrected chi connectivity index (χ3v) is 5.50. The van der Waals surface area contributed by atoms with Crippen LogP contribution in [0.3, 0.4) is 0 Å². The van der Waals surface area contributed by atoms with Gasteiger partial charge in [0.15, 0.2) is 5.65 Å². The van der Waals surface area contributed by atoms with E-state index in [0.717, 1.165) is 18.9 Å². The van der Waals surface area contributed by atoms with Crippen LogP contribution in [0.25, 0.3) is 11.0 Å². The summed E-state index contributed by atoms with van der Waals surface area (Å²) in [5, 5.41) is 5.97. The number of nitrogens with zero attached hydrogens (tertiary/aromatic N) is 4. The van der Waals surface area contributed by atoms with Gasteiger partial charge >= 0.3 is 6.18 Å². The largest absolute Gasteiger partial charge is 0.417 e. The number of aromatic amines is 1. The van der Waals surface area contributed by atoms with E-state index >= 15 is 0 Å². The van der Waals surface area contributed by atoms with Gasteiger partial charge in [-0.2, -0.15) is 18.3 Å². The number of morpholine rings is 1. The number of rotatable bonds is 3. The Bertz CT molecular complexity index is 894. The maximum Gasteiger partial charge on any atom is 0.417 e. The minimum absolute atomic E-state index is 0.0847. The van der Waals surface area contributed by atoms with Crippen molar-refractivity contribution in [3.05, 3.63) is 17.3 Å². The van der Waals surface area contributed by atoms with Crippen molar-refractivity contribution >= 4 is 22.8 Å². The number of hydrogen-bond donors (Lipinski definition) is 2. The van der Waals surface area contributed by atoms with E-state index in [-0.39, 0.29) is 35.0 Å². The summed E-state index contributed by atoms with van der Waals surface area (Å²) in [4.78, 5) is 20.9. The highest BCUT2D eigenvalue weighted by molar-refractivity contribution is 5.90. The van der Waals surface area contributed by atoms with E-state index in [0.29, 0.717) is 39.3 Å². The second-order valence-corrected chi connectivity index (χ2v) is 7.42. The van der Waals surface area contributed by atoms with Gasteiger partial charge in [-0.15, -0.1) is 0 Å². The van der Waals surface area contributed by atoms with Gasteiger partial charge in [-0.05, 0) is 25.3 Å². The van der Waals surface area contributed by atoms with E-state index in [1.165, 1.54) is 0 Å². The number of nitrogens with two attached hydrogens (primary N) is 1. The number of nitrogen functional groups attached to an aromatic ring is 1. The maximum absolute atomic E-state index is 13.7. The van der Waals surface area contributed by atoms with Crippen LogP contribution in [0, 0.1) is 0 Å². The molecule has 8 nitrogen and oxygen atoms in total. The van der Waals surface area contributed by atoms with Crippen LogP contribution in [0.2, 0.25) is 0 Å². The first-order valence-corrected chi connectivity index (χ1v) is 9.66. The van der Waals surface area contributed by atoms with Crippen LogP contribution in [0.5, 0.6) is 0 Å². The SMILES string of the molecule is Nc1[nH]nc2nc([C@H]3CCCCN3C(=O)CN3CCOCC3)cc(C(F)(F)F)c12. The topological polar surface area (TPSA) is 100 Å². The number of anilines is 1. The van der Waals surface area contributed by atoms with Gasteiger partial charge < -0.3 is 15.4 Å². The molecule has 0 unspecified atom stereocenters. The average molecular weight is 412 g/mol. The van der Waals surface area contributed by atoms with Crippen molar-refractivity contribution in [2.24, 2.45) is 0 Å². The van der Waals surface area contributed by atoms with Gasteiger partial charge in [-0.3, -0.25) is 14.8 Å². The van der Waals surface area contributed by atoms with Gasteiger partial charge in [0.05, 0.1) is 42.4 Å². The summed E-state index contributed by atoms with van der Waals surface area (Å²) in [5.74, 6) is -0.274. The summed E-state index contributed by atoms with van der Waals surface area (Å²) in [6.45, 7) is 3.20. The lowest BCUT2D eigenvalue weighted by Gasteiger charge is -2.37. The van der Waals surface area contributed by atoms with E-state index in [1.54, 1.807) is 4.90 Å². The number of ether oxygens (including phenoxy) is 1. The summed E-state index contributed by atoms with van der Waals surface area (Å²) in [6, 6.07) is 0.500. The molecule has 3 N–H and O–H groups in total. The molecule has 2 aromatic heterocycles. The number of halogens is 3. The molecule has 2 aromatic rings. The van der Waals surface area contributed by atoms with Crippen LogP contribution in [-0.2, 0) is 15.7 Å². The lowest BCUT2D eigenvalue weighted by Crippen LogP contribution is -2.47. The van der Waals surface area contributed by atoms with Crippen molar-refractivity contribution in [1.29, 1.82) is 0 Å². The number of H-pyrrole nitrogens is 1. The van der Waals surface area contributed by atoms with Gasteiger partial charge in [0, 0.05) is 19.6 Å². The van der Waals surface area contributed by atoms with Gasteiger partial charge in [0.1, 0.15) is 5.82 Å². The molecule has 2 aliphatic rings. The van der Waals surface area contributed by atoms with E-state index < -0.39 is 17.8 Å². The molecule has 29 heavy (non-hydrogen) atoms. The number of fused-ring (bicyclic) bond motifs is 1. The van der Waals surface area contributed by atoms with Crippen molar-refractivity contribution in [3.63, 3.8) is 0 Å². The predicted molar refractivity (Wildman–Crippen MR) is 98.9 cm³/mol. The number of carbonyl (C=O) groups is 1. The number of carbonyl (C=O) groups excluding carboxylic acids is 1. The highest BCUT2D eigenvalue weighted by Gasteiger charge is 2.37. The van der Waals surface area contributed by atoms with Crippen LogP contribution in [0.15, 0.2) is 6.07 Å². The molecule has 2 aliphatic heterocycles. The van der Waals surface area contributed by atoms with Crippen molar-refractivity contribution < 1.29 is 22.7 Å². The number of pyridine rings is 1. The Kier molecular flexibility index (Phi) is 5.34. The Labute approximate surface area is 165 Å². The highest BCUT2D eigenvalue weighted by atomic mass is 19.4. The number of aromatic nitrogens is 3. The summed E-state index contributed by atoms with van der Waals surface area (Å²) in [6.07, 6.45) is -2.42. The Morgan fingerprint density at radius 3 is 2.76 bits per heavy atom. The fourth-order valence-electron chi connectivity index (χ4n) is 4.04. The molecule has 2 fully saturated rings. The lowest BCUT2D eigenvalue weighted by atomic mass is 9.97. The first kappa shape index (κ1) is 19.9. The minimum Gasteiger partial charge on any atom is -0.383 e. The van der Waals surface area contributed by atoms with Crippen molar-refractivity contribution in [1.82, 2.24) is 25.0 Å². The van der Waals surface area contributed by atoms with Crippen LogP contribution in [-0.4, -0.2) is 70.3 Å². The molecule has 158 valence electrons. The zero-order valence-corrected chi connectivity index (χ0v) is 15.8. The Hall–Kier alpha value is -2.40. The van der Waals surface area contributed by atoms with E-state index in [2.05, 4.69) is 15.2 Å². The third-order valence-electron chi connectivity index (χ3n) is 5.50. The zero-order valence-electron chi connectivity index (χ0n) is 15.8. The summed E-state index contributed by atoms with van der Waals surface area (Å²) < 4.78 is 46.3. The smallest absolute Gasteiger partial charge is 0.383 e. The molecule has 4 heterocycles. The second kappa shape index (κ2) is 7.79. The molecule has 4 rings (SSSR count). The lowest BCUT2D eigenvalue weighted by molar-refractivity contribution is -0.137. The van der Waals surface area contributed by atoms with Crippen LogP contribution >= 0.6 is 0 Å². The molecule has 1 atom stereocenters. The van der Waals surface area contributed by atoms with E-state index in [4.69, 9.17) is 10.5 Å².